The van der Waals surface area contributed by atoms with E-state index in [-0.39, 0.29) is 11.9 Å². The third-order valence-electron chi connectivity index (χ3n) is 3.54. The fraction of sp³-hybridized carbons (Fsp3) is 0.118. The number of hydrogen-bond acceptors (Lipinski definition) is 2. The SMILES string of the molecule is CNC(c1ccncc1F)c1cccc2ccccc12. The Bertz CT molecular complexity index is 734. The molecular formula is C17H15FN2. The first-order valence-corrected chi connectivity index (χ1v) is 6.55. The number of nitrogens with zero attached hydrogens (tertiary/aromatic N) is 1. The van der Waals surface area contributed by atoms with Gasteiger partial charge in [0.05, 0.1) is 12.2 Å². The maximum Gasteiger partial charge on any atom is 0.146 e. The predicted molar refractivity (Wildman–Crippen MR) is 79.0 cm³/mol. The van der Waals surface area contributed by atoms with Gasteiger partial charge >= 0.3 is 0 Å². The first-order valence-electron chi connectivity index (χ1n) is 6.55. The van der Waals surface area contributed by atoms with Crippen molar-refractivity contribution in [3.63, 3.8) is 0 Å². The molecule has 100 valence electrons. The highest BCUT2D eigenvalue weighted by Gasteiger charge is 2.17. The summed E-state index contributed by atoms with van der Waals surface area (Å²) in [6.07, 6.45) is 2.87. The molecule has 3 heteroatoms. The fourth-order valence-corrected chi connectivity index (χ4v) is 2.60. The van der Waals surface area contributed by atoms with E-state index in [1.54, 1.807) is 12.3 Å². The predicted octanol–water partition coefficient (Wildman–Crippen LogP) is 3.68. The van der Waals surface area contributed by atoms with Crippen LogP contribution in [0.2, 0.25) is 0 Å². The van der Waals surface area contributed by atoms with Crippen molar-refractivity contribution in [3.05, 3.63) is 77.9 Å². The molecule has 1 atom stereocenters. The van der Waals surface area contributed by atoms with Crippen LogP contribution in [-0.2, 0) is 0 Å². The number of pyridine rings is 1. The standard InChI is InChI=1S/C17H15FN2/c1-19-17(15-9-10-20-11-16(15)18)14-8-4-6-12-5-2-3-7-13(12)14/h2-11,17,19H,1H3. The summed E-state index contributed by atoms with van der Waals surface area (Å²) in [7, 11) is 1.84. The Balaban J connectivity index is 2.20. The van der Waals surface area contributed by atoms with Gasteiger partial charge in [0.1, 0.15) is 5.82 Å². The van der Waals surface area contributed by atoms with E-state index in [0.717, 1.165) is 16.3 Å². The van der Waals surface area contributed by atoms with Crippen molar-refractivity contribution in [2.45, 2.75) is 6.04 Å². The van der Waals surface area contributed by atoms with Crippen molar-refractivity contribution in [1.29, 1.82) is 0 Å². The average Bonchev–Trinajstić information content (AvgIpc) is 2.50. The van der Waals surface area contributed by atoms with E-state index >= 15 is 0 Å². The van der Waals surface area contributed by atoms with Crippen molar-refractivity contribution in [2.75, 3.05) is 7.05 Å². The molecule has 1 N–H and O–H groups in total. The van der Waals surface area contributed by atoms with E-state index < -0.39 is 0 Å². The zero-order chi connectivity index (χ0) is 13.9. The monoisotopic (exact) mass is 266 g/mol. The van der Waals surface area contributed by atoms with Gasteiger partial charge in [-0.2, -0.15) is 0 Å². The number of rotatable bonds is 3. The maximum atomic E-state index is 14.0. The largest absolute Gasteiger partial charge is 0.309 e. The lowest BCUT2D eigenvalue weighted by atomic mass is 9.94. The Labute approximate surface area is 117 Å². The fourth-order valence-electron chi connectivity index (χ4n) is 2.60. The Morgan fingerprint density at radius 3 is 2.60 bits per heavy atom. The van der Waals surface area contributed by atoms with Gasteiger partial charge in [0, 0.05) is 11.8 Å². The van der Waals surface area contributed by atoms with Crippen LogP contribution in [0, 0.1) is 5.82 Å². The highest BCUT2D eigenvalue weighted by molar-refractivity contribution is 5.86. The minimum absolute atomic E-state index is 0.191. The molecule has 20 heavy (non-hydrogen) atoms. The molecule has 2 aromatic carbocycles. The number of hydrogen-bond donors (Lipinski definition) is 1. The molecule has 0 bridgehead atoms. The molecule has 1 unspecified atom stereocenters. The van der Waals surface area contributed by atoms with Crippen LogP contribution in [0.5, 0.6) is 0 Å². The lowest BCUT2D eigenvalue weighted by Gasteiger charge is -2.19. The highest BCUT2D eigenvalue weighted by atomic mass is 19.1. The van der Waals surface area contributed by atoms with Gasteiger partial charge in [-0.25, -0.2) is 4.39 Å². The second kappa shape index (κ2) is 5.39. The van der Waals surface area contributed by atoms with Crippen LogP contribution in [0.4, 0.5) is 4.39 Å². The summed E-state index contributed by atoms with van der Waals surface area (Å²) in [6, 6.07) is 15.8. The number of nitrogens with one attached hydrogen (secondary N) is 1. The first-order chi connectivity index (χ1) is 9.81. The van der Waals surface area contributed by atoms with Gasteiger partial charge in [-0.05, 0) is 29.4 Å². The summed E-state index contributed by atoms with van der Waals surface area (Å²) in [5.74, 6) is -0.292. The van der Waals surface area contributed by atoms with Crippen molar-refractivity contribution in [1.82, 2.24) is 10.3 Å². The molecule has 0 amide bonds. The Hall–Kier alpha value is -2.26. The Morgan fingerprint density at radius 1 is 1.00 bits per heavy atom. The molecular weight excluding hydrogens is 251 g/mol. The maximum absolute atomic E-state index is 14.0. The van der Waals surface area contributed by atoms with Gasteiger partial charge in [0.15, 0.2) is 0 Å². The molecule has 0 fully saturated rings. The van der Waals surface area contributed by atoms with Crippen molar-refractivity contribution in [3.8, 4) is 0 Å². The van der Waals surface area contributed by atoms with E-state index in [1.807, 2.05) is 31.3 Å². The van der Waals surface area contributed by atoms with E-state index in [2.05, 4.69) is 28.5 Å². The molecule has 0 spiro atoms. The molecule has 0 radical (unpaired) electrons. The molecule has 1 aromatic heterocycles. The van der Waals surface area contributed by atoms with E-state index in [4.69, 9.17) is 0 Å². The topological polar surface area (TPSA) is 24.9 Å². The van der Waals surface area contributed by atoms with E-state index in [9.17, 15) is 4.39 Å². The van der Waals surface area contributed by atoms with Crippen LogP contribution in [-0.4, -0.2) is 12.0 Å². The second-order valence-corrected chi connectivity index (χ2v) is 4.69. The third kappa shape index (κ3) is 2.17. The molecule has 0 saturated heterocycles. The molecule has 0 saturated carbocycles. The number of halogens is 1. The lowest BCUT2D eigenvalue weighted by molar-refractivity contribution is 0.572. The first kappa shape index (κ1) is 12.8. The average molecular weight is 266 g/mol. The van der Waals surface area contributed by atoms with Gasteiger partial charge in [0.25, 0.3) is 0 Å². The molecule has 0 aliphatic rings. The highest BCUT2D eigenvalue weighted by Crippen LogP contribution is 2.29. The van der Waals surface area contributed by atoms with Gasteiger partial charge in [0.2, 0.25) is 0 Å². The normalized spacial score (nSPS) is 12.5. The van der Waals surface area contributed by atoms with Crippen LogP contribution in [0.3, 0.4) is 0 Å². The number of aromatic nitrogens is 1. The zero-order valence-electron chi connectivity index (χ0n) is 11.2. The smallest absolute Gasteiger partial charge is 0.146 e. The van der Waals surface area contributed by atoms with E-state index in [0.29, 0.717) is 5.56 Å². The minimum Gasteiger partial charge on any atom is -0.309 e. The zero-order valence-corrected chi connectivity index (χ0v) is 11.2. The minimum atomic E-state index is -0.292. The molecule has 0 aliphatic carbocycles. The number of benzene rings is 2. The van der Waals surface area contributed by atoms with Crippen LogP contribution < -0.4 is 5.32 Å². The quantitative estimate of drug-likeness (QED) is 0.782. The van der Waals surface area contributed by atoms with Crippen LogP contribution >= 0.6 is 0 Å². The Kier molecular flexibility index (Phi) is 3.44. The van der Waals surface area contributed by atoms with Crippen molar-refractivity contribution < 1.29 is 4.39 Å². The van der Waals surface area contributed by atoms with Gasteiger partial charge < -0.3 is 5.32 Å². The lowest BCUT2D eigenvalue weighted by Crippen LogP contribution is -2.19. The summed E-state index contributed by atoms with van der Waals surface area (Å²) in [5.41, 5.74) is 1.68. The number of fused-ring (bicyclic) bond motifs is 1. The molecule has 0 aliphatic heterocycles. The van der Waals surface area contributed by atoms with Crippen LogP contribution in [0.15, 0.2) is 60.9 Å². The van der Waals surface area contributed by atoms with Gasteiger partial charge in [-0.15, -0.1) is 0 Å². The Morgan fingerprint density at radius 2 is 1.80 bits per heavy atom. The van der Waals surface area contributed by atoms with Crippen LogP contribution in [0.1, 0.15) is 17.2 Å². The van der Waals surface area contributed by atoms with Crippen molar-refractivity contribution >= 4 is 10.8 Å². The summed E-state index contributed by atoms with van der Waals surface area (Å²) >= 11 is 0. The second-order valence-electron chi connectivity index (χ2n) is 4.69. The summed E-state index contributed by atoms with van der Waals surface area (Å²) in [4.78, 5) is 3.81. The molecule has 2 nitrogen and oxygen atoms in total. The molecule has 3 aromatic rings. The third-order valence-corrected chi connectivity index (χ3v) is 3.54. The van der Waals surface area contributed by atoms with Crippen molar-refractivity contribution in [2.24, 2.45) is 0 Å². The summed E-state index contributed by atoms with van der Waals surface area (Å²) in [6.45, 7) is 0. The van der Waals surface area contributed by atoms with Gasteiger partial charge in [-0.3, -0.25) is 4.98 Å². The molecule has 3 rings (SSSR count). The van der Waals surface area contributed by atoms with Gasteiger partial charge in [-0.1, -0.05) is 42.5 Å². The molecule has 1 heterocycles. The summed E-state index contributed by atoms with van der Waals surface area (Å²) < 4.78 is 14.0. The summed E-state index contributed by atoms with van der Waals surface area (Å²) in [5, 5.41) is 5.48. The van der Waals surface area contributed by atoms with Crippen LogP contribution in [0.25, 0.3) is 10.8 Å². The van der Waals surface area contributed by atoms with E-state index in [1.165, 1.54) is 6.20 Å².